The minimum Gasteiger partial charge on any atom is -0.391 e. The van der Waals surface area contributed by atoms with Crippen LogP contribution in [0.4, 0.5) is 17.6 Å². The van der Waals surface area contributed by atoms with Crippen LogP contribution in [0.15, 0.2) is 18.2 Å². The van der Waals surface area contributed by atoms with E-state index in [1.165, 1.54) is 0 Å². The first-order chi connectivity index (χ1) is 9.79. The van der Waals surface area contributed by atoms with Crippen molar-refractivity contribution in [2.75, 3.05) is 19.6 Å². The van der Waals surface area contributed by atoms with Gasteiger partial charge >= 0.3 is 6.18 Å². The zero-order valence-corrected chi connectivity index (χ0v) is 10.9. The molecule has 8 heteroatoms. The molecule has 0 bridgehead atoms. The first-order valence-electron chi connectivity index (χ1n) is 6.33. The van der Waals surface area contributed by atoms with Gasteiger partial charge in [-0.25, -0.2) is 4.39 Å². The third-order valence-corrected chi connectivity index (χ3v) is 3.36. The number of aliphatic hydroxyl groups excluding tert-OH is 1. The lowest BCUT2D eigenvalue weighted by molar-refractivity contribution is -0.140. The Morgan fingerprint density at radius 3 is 2.67 bits per heavy atom. The SMILES string of the molecule is O=C(NCC1CNCC1O)c1ccc(F)c(C(F)(F)F)c1. The van der Waals surface area contributed by atoms with Gasteiger partial charge in [0.25, 0.3) is 5.91 Å². The number of amides is 1. The minimum atomic E-state index is -4.86. The fourth-order valence-corrected chi connectivity index (χ4v) is 2.14. The number of carbonyl (C=O) groups excluding carboxylic acids is 1. The van der Waals surface area contributed by atoms with E-state index in [2.05, 4.69) is 10.6 Å². The molecule has 2 atom stereocenters. The molecule has 116 valence electrons. The van der Waals surface area contributed by atoms with Crippen molar-refractivity contribution in [1.82, 2.24) is 10.6 Å². The standard InChI is InChI=1S/C13H14F4N2O2/c14-10-2-1-7(3-9(10)13(15,16)17)12(21)19-5-8-4-18-6-11(8)20/h1-3,8,11,18,20H,4-6H2,(H,19,21). The van der Waals surface area contributed by atoms with Gasteiger partial charge in [0.15, 0.2) is 0 Å². The highest BCUT2D eigenvalue weighted by Gasteiger charge is 2.34. The van der Waals surface area contributed by atoms with E-state index in [0.717, 1.165) is 6.07 Å². The number of β-amino-alcohol motifs (C(OH)–C–C–N with tert-alkyl or cyclic N) is 1. The van der Waals surface area contributed by atoms with E-state index in [0.29, 0.717) is 25.2 Å². The van der Waals surface area contributed by atoms with E-state index >= 15 is 0 Å². The van der Waals surface area contributed by atoms with Crippen LogP contribution in [0, 0.1) is 11.7 Å². The van der Waals surface area contributed by atoms with Crippen molar-refractivity contribution in [3.05, 3.63) is 35.1 Å². The molecule has 0 saturated carbocycles. The Morgan fingerprint density at radius 2 is 2.10 bits per heavy atom. The highest BCUT2D eigenvalue weighted by Crippen LogP contribution is 2.31. The fraction of sp³-hybridized carbons (Fsp3) is 0.462. The number of hydrogen-bond acceptors (Lipinski definition) is 3. The summed E-state index contributed by atoms with van der Waals surface area (Å²) in [5.74, 6) is -2.36. The Kier molecular flexibility index (Phi) is 4.48. The van der Waals surface area contributed by atoms with Crippen molar-refractivity contribution in [1.29, 1.82) is 0 Å². The molecule has 1 saturated heterocycles. The molecule has 1 aliphatic heterocycles. The molecular formula is C13H14F4N2O2. The number of halogens is 4. The van der Waals surface area contributed by atoms with Gasteiger partial charge < -0.3 is 15.7 Å². The smallest absolute Gasteiger partial charge is 0.391 e. The molecule has 4 nitrogen and oxygen atoms in total. The maximum atomic E-state index is 13.1. The van der Waals surface area contributed by atoms with Crippen molar-refractivity contribution in [2.24, 2.45) is 5.92 Å². The molecule has 0 spiro atoms. The van der Waals surface area contributed by atoms with Crippen LogP contribution < -0.4 is 10.6 Å². The molecule has 0 aliphatic carbocycles. The van der Waals surface area contributed by atoms with Crippen LogP contribution in [-0.4, -0.2) is 36.8 Å². The molecule has 1 aliphatic rings. The van der Waals surface area contributed by atoms with Crippen LogP contribution in [0.1, 0.15) is 15.9 Å². The summed E-state index contributed by atoms with van der Waals surface area (Å²) in [6.45, 7) is 1.06. The number of alkyl halides is 3. The van der Waals surface area contributed by atoms with Crippen LogP contribution in [0.2, 0.25) is 0 Å². The van der Waals surface area contributed by atoms with Gasteiger partial charge in [0.1, 0.15) is 5.82 Å². The van der Waals surface area contributed by atoms with Crippen LogP contribution in [0.3, 0.4) is 0 Å². The summed E-state index contributed by atoms with van der Waals surface area (Å²) in [5, 5.41) is 14.9. The number of benzene rings is 1. The highest BCUT2D eigenvalue weighted by molar-refractivity contribution is 5.94. The van der Waals surface area contributed by atoms with Gasteiger partial charge in [0.05, 0.1) is 11.7 Å². The average molecular weight is 306 g/mol. The zero-order chi connectivity index (χ0) is 15.6. The Labute approximate surface area is 118 Å². The van der Waals surface area contributed by atoms with Gasteiger partial charge in [-0.1, -0.05) is 0 Å². The average Bonchev–Trinajstić information content (AvgIpc) is 2.80. The molecular weight excluding hydrogens is 292 g/mol. The normalized spacial score (nSPS) is 22.3. The van der Waals surface area contributed by atoms with Crippen LogP contribution in [0.5, 0.6) is 0 Å². The lowest BCUT2D eigenvalue weighted by Crippen LogP contribution is -2.34. The largest absolute Gasteiger partial charge is 0.419 e. The maximum Gasteiger partial charge on any atom is 0.419 e. The third kappa shape index (κ3) is 3.70. The summed E-state index contributed by atoms with van der Waals surface area (Å²) in [7, 11) is 0. The van der Waals surface area contributed by atoms with Gasteiger partial charge in [0, 0.05) is 31.1 Å². The number of aliphatic hydroxyl groups is 1. The first-order valence-corrected chi connectivity index (χ1v) is 6.33. The van der Waals surface area contributed by atoms with Gasteiger partial charge in [-0.3, -0.25) is 4.79 Å². The third-order valence-electron chi connectivity index (χ3n) is 3.36. The fourth-order valence-electron chi connectivity index (χ4n) is 2.14. The van der Waals surface area contributed by atoms with E-state index in [1.807, 2.05) is 0 Å². The molecule has 2 rings (SSSR count). The molecule has 1 heterocycles. The van der Waals surface area contributed by atoms with E-state index in [-0.39, 0.29) is 18.0 Å². The van der Waals surface area contributed by atoms with Crippen LogP contribution >= 0.6 is 0 Å². The molecule has 0 radical (unpaired) electrons. The molecule has 1 aromatic rings. The molecule has 1 fully saturated rings. The second-order valence-electron chi connectivity index (χ2n) is 4.89. The number of nitrogens with one attached hydrogen (secondary N) is 2. The van der Waals surface area contributed by atoms with Crippen molar-refractivity contribution in [2.45, 2.75) is 12.3 Å². The van der Waals surface area contributed by atoms with Gasteiger partial charge in [0.2, 0.25) is 0 Å². The van der Waals surface area contributed by atoms with E-state index in [4.69, 9.17) is 0 Å². The number of rotatable bonds is 3. The van der Waals surface area contributed by atoms with Crippen LogP contribution in [0.25, 0.3) is 0 Å². The molecule has 3 N–H and O–H groups in total. The second kappa shape index (κ2) is 5.98. The lowest BCUT2D eigenvalue weighted by Gasteiger charge is -2.15. The molecule has 1 aromatic carbocycles. The van der Waals surface area contributed by atoms with Gasteiger partial charge in [-0.15, -0.1) is 0 Å². The van der Waals surface area contributed by atoms with Crippen molar-refractivity contribution >= 4 is 5.91 Å². The van der Waals surface area contributed by atoms with Crippen molar-refractivity contribution < 1.29 is 27.5 Å². The predicted octanol–water partition coefficient (Wildman–Crippen LogP) is 1.15. The van der Waals surface area contributed by atoms with Crippen LogP contribution in [-0.2, 0) is 6.18 Å². The Balaban J connectivity index is 2.06. The van der Waals surface area contributed by atoms with E-state index < -0.39 is 29.6 Å². The summed E-state index contributed by atoms with van der Waals surface area (Å²) in [6, 6.07) is 2.08. The summed E-state index contributed by atoms with van der Waals surface area (Å²) >= 11 is 0. The van der Waals surface area contributed by atoms with E-state index in [9.17, 15) is 27.5 Å². The topological polar surface area (TPSA) is 61.4 Å². The molecule has 1 amide bonds. The minimum absolute atomic E-state index is 0.131. The summed E-state index contributed by atoms with van der Waals surface area (Å²) in [6.07, 6.45) is -5.46. The molecule has 21 heavy (non-hydrogen) atoms. The Hall–Kier alpha value is -1.67. The second-order valence-corrected chi connectivity index (χ2v) is 4.89. The predicted molar refractivity (Wildman–Crippen MR) is 66.1 cm³/mol. The number of hydrogen-bond donors (Lipinski definition) is 3. The number of carbonyl (C=O) groups is 1. The summed E-state index contributed by atoms with van der Waals surface area (Å²) < 4.78 is 50.8. The van der Waals surface area contributed by atoms with Crippen molar-refractivity contribution in [3.8, 4) is 0 Å². The summed E-state index contributed by atoms with van der Waals surface area (Å²) in [4.78, 5) is 11.8. The molecule has 2 unspecified atom stereocenters. The zero-order valence-electron chi connectivity index (χ0n) is 10.9. The van der Waals surface area contributed by atoms with Crippen molar-refractivity contribution in [3.63, 3.8) is 0 Å². The van der Waals surface area contributed by atoms with E-state index in [1.54, 1.807) is 0 Å². The lowest BCUT2D eigenvalue weighted by atomic mass is 10.1. The van der Waals surface area contributed by atoms with Gasteiger partial charge in [-0.05, 0) is 18.2 Å². The Bertz CT molecular complexity index is 533. The highest BCUT2D eigenvalue weighted by atomic mass is 19.4. The Morgan fingerprint density at radius 1 is 1.38 bits per heavy atom. The maximum absolute atomic E-state index is 13.1. The summed E-state index contributed by atoms with van der Waals surface area (Å²) in [5.41, 5.74) is -1.75. The monoisotopic (exact) mass is 306 g/mol. The quantitative estimate of drug-likeness (QED) is 0.734. The van der Waals surface area contributed by atoms with Gasteiger partial charge in [-0.2, -0.15) is 13.2 Å². The first kappa shape index (κ1) is 15.7. The molecule has 0 aromatic heterocycles.